The maximum Gasteiger partial charge on any atom is 0.0748 e. The zero-order valence-electron chi connectivity index (χ0n) is 8.77. The van der Waals surface area contributed by atoms with E-state index in [0.29, 0.717) is 5.02 Å². The van der Waals surface area contributed by atoms with Gasteiger partial charge in [-0.2, -0.15) is 5.10 Å². The van der Waals surface area contributed by atoms with Crippen molar-refractivity contribution in [2.75, 3.05) is 5.43 Å². The Morgan fingerprint density at radius 3 is 2.75 bits per heavy atom. The molecule has 2 rings (SSSR count). The minimum absolute atomic E-state index is 0.672. The van der Waals surface area contributed by atoms with Crippen molar-refractivity contribution in [2.24, 2.45) is 5.10 Å². The van der Waals surface area contributed by atoms with Crippen LogP contribution in [0.1, 0.15) is 11.8 Å². The molecule has 0 bridgehead atoms. The van der Waals surface area contributed by atoms with Crippen LogP contribution in [0.15, 0.2) is 46.9 Å². The van der Waals surface area contributed by atoms with Crippen molar-refractivity contribution < 1.29 is 0 Å². The smallest absolute Gasteiger partial charge is 0.0748 e. The summed E-state index contributed by atoms with van der Waals surface area (Å²) in [4.78, 5) is 1.15. The highest BCUT2D eigenvalue weighted by Gasteiger charge is 1.99. The van der Waals surface area contributed by atoms with Crippen molar-refractivity contribution in [2.45, 2.75) is 6.92 Å². The Morgan fingerprint density at radius 1 is 1.25 bits per heavy atom. The number of thiophene rings is 1. The van der Waals surface area contributed by atoms with E-state index < -0.39 is 0 Å². The average Bonchev–Trinajstić information content (AvgIpc) is 2.81. The lowest BCUT2D eigenvalue weighted by molar-refractivity contribution is 1.33. The van der Waals surface area contributed by atoms with Crippen LogP contribution >= 0.6 is 22.9 Å². The van der Waals surface area contributed by atoms with Gasteiger partial charge in [0.05, 0.1) is 16.4 Å². The van der Waals surface area contributed by atoms with Crippen LogP contribution in [0.2, 0.25) is 5.02 Å². The Bertz CT molecular complexity index is 491. The second kappa shape index (κ2) is 5.14. The van der Waals surface area contributed by atoms with Crippen molar-refractivity contribution in [1.29, 1.82) is 0 Å². The highest BCUT2D eigenvalue weighted by molar-refractivity contribution is 7.12. The van der Waals surface area contributed by atoms with Crippen molar-refractivity contribution in [3.05, 3.63) is 51.7 Å². The van der Waals surface area contributed by atoms with Gasteiger partial charge in [0, 0.05) is 4.88 Å². The van der Waals surface area contributed by atoms with Crippen LogP contribution in [0.25, 0.3) is 0 Å². The van der Waals surface area contributed by atoms with E-state index in [1.54, 1.807) is 11.3 Å². The van der Waals surface area contributed by atoms with Crippen LogP contribution in [-0.2, 0) is 0 Å². The minimum atomic E-state index is 0.672. The maximum atomic E-state index is 6.00. The molecule has 0 fully saturated rings. The molecule has 0 spiro atoms. The normalized spacial score (nSPS) is 11.5. The Labute approximate surface area is 104 Å². The Kier molecular flexibility index (Phi) is 3.59. The zero-order chi connectivity index (χ0) is 11.4. The van der Waals surface area contributed by atoms with Gasteiger partial charge in [0.15, 0.2) is 0 Å². The third kappa shape index (κ3) is 2.62. The topological polar surface area (TPSA) is 24.4 Å². The number of hydrogen-bond donors (Lipinski definition) is 1. The van der Waals surface area contributed by atoms with Gasteiger partial charge in [-0.1, -0.05) is 29.8 Å². The third-order valence-electron chi connectivity index (χ3n) is 2.10. The third-order valence-corrected chi connectivity index (χ3v) is 3.40. The quantitative estimate of drug-likeness (QED) is 0.640. The fraction of sp³-hybridized carbons (Fsp3) is 0.0833. The molecule has 0 aliphatic rings. The molecule has 2 aromatic rings. The fourth-order valence-corrected chi connectivity index (χ4v) is 2.09. The van der Waals surface area contributed by atoms with Crippen molar-refractivity contribution >= 4 is 34.3 Å². The van der Waals surface area contributed by atoms with Gasteiger partial charge in [-0.25, -0.2) is 0 Å². The van der Waals surface area contributed by atoms with Gasteiger partial charge in [0.2, 0.25) is 0 Å². The van der Waals surface area contributed by atoms with E-state index in [0.717, 1.165) is 16.3 Å². The Balaban J connectivity index is 2.13. The SMILES string of the molecule is C/C(=N/Nc1ccccc1Cl)c1cccs1. The number of halogens is 1. The summed E-state index contributed by atoms with van der Waals surface area (Å²) in [6, 6.07) is 11.6. The standard InChI is InChI=1S/C12H11ClN2S/c1-9(12-7-4-8-16-12)14-15-11-6-3-2-5-10(11)13/h2-8,15H,1H3/b14-9-. The summed E-state index contributed by atoms with van der Waals surface area (Å²) in [5.74, 6) is 0. The number of nitrogens with one attached hydrogen (secondary N) is 1. The molecular formula is C12H11ClN2S. The zero-order valence-corrected chi connectivity index (χ0v) is 10.3. The number of nitrogens with zero attached hydrogens (tertiary/aromatic N) is 1. The van der Waals surface area contributed by atoms with Crippen molar-refractivity contribution in [3.63, 3.8) is 0 Å². The molecule has 2 nitrogen and oxygen atoms in total. The van der Waals surface area contributed by atoms with Gasteiger partial charge in [-0.15, -0.1) is 11.3 Å². The first-order chi connectivity index (χ1) is 7.77. The maximum absolute atomic E-state index is 6.00. The first-order valence-corrected chi connectivity index (χ1v) is 6.12. The molecule has 1 aromatic carbocycles. The summed E-state index contributed by atoms with van der Waals surface area (Å²) in [6.07, 6.45) is 0. The van der Waals surface area contributed by atoms with E-state index in [1.807, 2.05) is 48.7 Å². The summed E-state index contributed by atoms with van der Waals surface area (Å²) in [5, 5.41) is 6.99. The molecule has 0 aliphatic heterocycles. The van der Waals surface area contributed by atoms with Crippen LogP contribution in [-0.4, -0.2) is 5.71 Å². The molecule has 0 radical (unpaired) electrons. The van der Waals surface area contributed by atoms with Gasteiger partial charge >= 0.3 is 0 Å². The van der Waals surface area contributed by atoms with Crippen LogP contribution in [0.4, 0.5) is 5.69 Å². The van der Waals surface area contributed by atoms with Gasteiger partial charge < -0.3 is 0 Å². The molecule has 82 valence electrons. The number of hydrogen-bond acceptors (Lipinski definition) is 3. The molecule has 16 heavy (non-hydrogen) atoms. The summed E-state index contributed by atoms with van der Waals surface area (Å²) < 4.78 is 0. The van der Waals surface area contributed by atoms with Gasteiger partial charge in [0.25, 0.3) is 0 Å². The number of anilines is 1. The van der Waals surface area contributed by atoms with E-state index in [4.69, 9.17) is 11.6 Å². The minimum Gasteiger partial charge on any atom is -0.277 e. The summed E-state index contributed by atoms with van der Waals surface area (Å²) >= 11 is 7.67. The fourth-order valence-electron chi connectivity index (χ4n) is 1.24. The second-order valence-electron chi connectivity index (χ2n) is 3.27. The molecule has 0 saturated carbocycles. The molecular weight excluding hydrogens is 240 g/mol. The number of hydrazone groups is 1. The largest absolute Gasteiger partial charge is 0.277 e. The lowest BCUT2D eigenvalue weighted by Crippen LogP contribution is -1.97. The lowest BCUT2D eigenvalue weighted by Gasteiger charge is -2.03. The highest BCUT2D eigenvalue weighted by atomic mass is 35.5. The monoisotopic (exact) mass is 250 g/mol. The molecule has 1 N–H and O–H groups in total. The van der Waals surface area contributed by atoms with E-state index in [1.165, 1.54) is 0 Å². The Morgan fingerprint density at radius 2 is 2.06 bits per heavy atom. The van der Waals surface area contributed by atoms with Gasteiger partial charge in [-0.05, 0) is 30.5 Å². The molecule has 4 heteroatoms. The van der Waals surface area contributed by atoms with Gasteiger partial charge in [-0.3, -0.25) is 5.43 Å². The van der Waals surface area contributed by atoms with Crippen LogP contribution in [0.5, 0.6) is 0 Å². The van der Waals surface area contributed by atoms with Crippen LogP contribution in [0, 0.1) is 0 Å². The number of rotatable bonds is 3. The number of benzene rings is 1. The molecule has 0 unspecified atom stereocenters. The lowest BCUT2D eigenvalue weighted by atomic mass is 10.3. The van der Waals surface area contributed by atoms with Crippen LogP contribution in [0.3, 0.4) is 0 Å². The molecule has 1 aromatic heterocycles. The molecule has 0 saturated heterocycles. The predicted octanol–water partition coefficient (Wildman–Crippen LogP) is 4.24. The van der Waals surface area contributed by atoms with Gasteiger partial charge in [0.1, 0.15) is 0 Å². The van der Waals surface area contributed by atoms with Crippen LogP contribution < -0.4 is 5.43 Å². The molecule has 0 atom stereocenters. The summed E-state index contributed by atoms with van der Waals surface area (Å²) in [7, 11) is 0. The molecule has 1 heterocycles. The summed E-state index contributed by atoms with van der Waals surface area (Å²) in [5.41, 5.74) is 4.74. The number of para-hydroxylation sites is 1. The highest BCUT2D eigenvalue weighted by Crippen LogP contribution is 2.20. The van der Waals surface area contributed by atoms with E-state index >= 15 is 0 Å². The van der Waals surface area contributed by atoms with E-state index in [9.17, 15) is 0 Å². The Hall–Kier alpha value is -1.32. The first-order valence-electron chi connectivity index (χ1n) is 4.86. The first kappa shape index (κ1) is 11.2. The van der Waals surface area contributed by atoms with E-state index in [2.05, 4.69) is 10.5 Å². The van der Waals surface area contributed by atoms with Crippen molar-refractivity contribution in [1.82, 2.24) is 0 Å². The molecule has 0 amide bonds. The second-order valence-corrected chi connectivity index (χ2v) is 4.62. The summed E-state index contributed by atoms with van der Waals surface area (Å²) in [6.45, 7) is 1.97. The van der Waals surface area contributed by atoms with E-state index in [-0.39, 0.29) is 0 Å². The molecule has 0 aliphatic carbocycles. The average molecular weight is 251 g/mol. The van der Waals surface area contributed by atoms with Crippen molar-refractivity contribution in [3.8, 4) is 0 Å². The predicted molar refractivity (Wildman–Crippen MR) is 71.6 cm³/mol.